The molecule has 0 fully saturated rings. The van der Waals surface area contributed by atoms with E-state index in [2.05, 4.69) is 15.3 Å². The predicted octanol–water partition coefficient (Wildman–Crippen LogP) is 4.46. The van der Waals surface area contributed by atoms with E-state index in [0.29, 0.717) is 16.1 Å². The summed E-state index contributed by atoms with van der Waals surface area (Å²) in [7, 11) is -1.54. The molecule has 0 bridgehead atoms. The summed E-state index contributed by atoms with van der Waals surface area (Å²) in [6.45, 7) is 3.01. The first-order valence-electron chi connectivity index (χ1n) is 11.2. The lowest BCUT2D eigenvalue weighted by atomic mass is 10.2. The number of benzene rings is 3. The van der Waals surface area contributed by atoms with Crippen LogP contribution in [0.15, 0.2) is 70.7 Å². The molecule has 0 unspecified atom stereocenters. The van der Waals surface area contributed by atoms with Crippen molar-refractivity contribution in [1.82, 2.24) is 5.43 Å². The number of aryl methyl sites for hydroxylation is 2. The van der Waals surface area contributed by atoms with Gasteiger partial charge in [-0.15, -0.1) is 0 Å². The molecule has 3 aromatic rings. The maximum absolute atomic E-state index is 13.5. The average molecular weight is 560 g/mol. The van der Waals surface area contributed by atoms with Gasteiger partial charge in [0, 0.05) is 5.02 Å². The van der Waals surface area contributed by atoms with Crippen LogP contribution in [0.4, 0.5) is 10.5 Å². The van der Waals surface area contributed by atoms with E-state index in [1.54, 1.807) is 37.3 Å². The molecule has 3 rings (SSSR count). The van der Waals surface area contributed by atoms with Crippen molar-refractivity contribution in [3.8, 4) is 11.5 Å². The lowest BCUT2D eigenvalue weighted by Gasteiger charge is -2.25. The van der Waals surface area contributed by atoms with Gasteiger partial charge in [-0.25, -0.2) is 18.6 Å². The van der Waals surface area contributed by atoms with Crippen LogP contribution in [-0.4, -0.2) is 47.5 Å². The molecule has 38 heavy (non-hydrogen) atoms. The minimum absolute atomic E-state index is 0.0279. The monoisotopic (exact) mass is 559 g/mol. The molecule has 0 radical (unpaired) electrons. The highest BCUT2D eigenvalue weighted by Crippen LogP contribution is 2.30. The Balaban J connectivity index is 1.83. The highest BCUT2D eigenvalue weighted by molar-refractivity contribution is 7.92. The molecule has 0 aromatic heterocycles. The number of rotatable bonds is 9. The van der Waals surface area contributed by atoms with Crippen LogP contribution >= 0.6 is 11.6 Å². The van der Waals surface area contributed by atoms with Crippen LogP contribution in [-0.2, 0) is 19.6 Å². The molecule has 200 valence electrons. The highest BCUT2D eigenvalue weighted by atomic mass is 35.5. The molecule has 0 atom stereocenters. The van der Waals surface area contributed by atoms with Gasteiger partial charge in [0.2, 0.25) is 0 Å². The summed E-state index contributed by atoms with van der Waals surface area (Å²) in [6, 6.07) is 15.7. The molecular weight excluding hydrogens is 534 g/mol. The Labute approximate surface area is 225 Å². The average Bonchev–Trinajstić information content (AvgIpc) is 2.89. The molecule has 12 heteroatoms. The molecule has 1 N–H and O–H groups in total. The van der Waals surface area contributed by atoms with Crippen molar-refractivity contribution in [2.45, 2.75) is 18.7 Å². The number of methoxy groups -OCH3 is 2. The number of hydrogen-bond donors (Lipinski definition) is 1. The number of nitrogens with zero attached hydrogens (tertiary/aromatic N) is 2. The maximum Gasteiger partial charge on any atom is 0.513 e. The van der Waals surface area contributed by atoms with E-state index in [1.165, 1.54) is 50.8 Å². The lowest BCUT2D eigenvalue weighted by molar-refractivity contribution is -0.119. The molecule has 0 saturated carbocycles. The van der Waals surface area contributed by atoms with Crippen LogP contribution < -0.4 is 19.2 Å². The minimum atomic E-state index is -4.11. The van der Waals surface area contributed by atoms with E-state index in [-0.39, 0.29) is 22.1 Å². The van der Waals surface area contributed by atoms with Crippen molar-refractivity contribution in [3.63, 3.8) is 0 Å². The van der Waals surface area contributed by atoms with E-state index in [1.807, 2.05) is 6.92 Å². The Hall–Kier alpha value is -4.09. The number of ether oxygens (including phenoxy) is 3. The van der Waals surface area contributed by atoms with Crippen LogP contribution in [0.1, 0.15) is 16.7 Å². The summed E-state index contributed by atoms with van der Waals surface area (Å²) in [4.78, 5) is 24.2. The molecule has 3 aromatic carbocycles. The Kier molecular flexibility index (Phi) is 9.32. The quantitative estimate of drug-likeness (QED) is 0.178. The van der Waals surface area contributed by atoms with Crippen LogP contribution in [0.5, 0.6) is 11.5 Å². The number of halogens is 1. The number of hydrogen-bond acceptors (Lipinski definition) is 8. The van der Waals surface area contributed by atoms with Crippen molar-refractivity contribution in [3.05, 3.63) is 82.4 Å². The van der Waals surface area contributed by atoms with Crippen molar-refractivity contribution >= 4 is 45.6 Å². The molecule has 0 heterocycles. The largest absolute Gasteiger partial charge is 0.513 e. The van der Waals surface area contributed by atoms with Gasteiger partial charge >= 0.3 is 6.16 Å². The van der Waals surface area contributed by atoms with Gasteiger partial charge in [-0.3, -0.25) is 9.10 Å². The van der Waals surface area contributed by atoms with E-state index in [4.69, 9.17) is 21.1 Å². The maximum atomic E-state index is 13.5. The van der Waals surface area contributed by atoms with E-state index in [0.717, 1.165) is 9.87 Å². The molecule has 0 aliphatic carbocycles. The lowest BCUT2D eigenvalue weighted by Crippen LogP contribution is -2.40. The Morgan fingerprint density at radius 3 is 2.37 bits per heavy atom. The van der Waals surface area contributed by atoms with E-state index < -0.39 is 28.6 Å². The van der Waals surface area contributed by atoms with Crippen LogP contribution in [0.25, 0.3) is 0 Å². The SMILES string of the molecule is COC(=O)Oc1ccc(/C=N\NC(=O)CN(c2cc(Cl)ccc2C)S(=O)(=O)c2ccc(C)cc2)cc1OC. The predicted molar refractivity (Wildman–Crippen MR) is 144 cm³/mol. The zero-order valence-electron chi connectivity index (χ0n) is 21.1. The third kappa shape index (κ3) is 7.02. The highest BCUT2D eigenvalue weighted by Gasteiger charge is 2.28. The second-order valence-electron chi connectivity index (χ2n) is 8.02. The summed E-state index contributed by atoms with van der Waals surface area (Å²) in [5, 5.41) is 4.24. The number of carbonyl (C=O) groups excluding carboxylic acids is 2. The second kappa shape index (κ2) is 12.4. The molecule has 10 nitrogen and oxygen atoms in total. The van der Waals surface area contributed by atoms with E-state index in [9.17, 15) is 18.0 Å². The summed E-state index contributed by atoms with van der Waals surface area (Å²) >= 11 is 6.15. The first-order valence-corrected chi connectivity index (χ1v) is 13.0. The van der Waals surface area contributed by atoms with Gasteiger partial charge in [0.25, 0.3) is 15.9 Å². The fourth-order valence-corrected chi connectivity index (χ4v) is 4.96. The fraction of sp³-hybridized carbons (Fsp3) is 0.192. The molecule has 0 aliphatic heterocycles. The van der Waals surface area contributed by atoms with Gasteiger partial charge in [-0.1, -0.05) is 35.4 Å². The van der Waals surface area contributed by atoms with Gasteiger partial charge in [0.05, 0.1) is 31.0 Å². The number of sulfonamides is 1. The standard InChI is InChI=1S/C26H26ClN3O7S/c1-17-5-10-21(11-6-17)38(33,34)30(22-14-20(27)9-7-18(22)2)16-25(31)29-28-15-19-8-12-23(24(13-19)35-3)37-26(32)36-4/h5-15H,16H2,1-4H3,(H,29,31)/b28-15-. The van der Waals surface area contributed by atoms with Gasteiger partial charge in [0.15, 0.2) is 11.5 Å². The summed E-state index contributed by atoms with van der Waals surface area (Å²) < 4.78 is 42.7. The zero-order valence-corrected chi connectivity index (χ0v) is 22.7. The molecule has 0 spiro atoms. The van der Waals surface area contributed by atoms with Crippen LogP contribution in [0.3, 0.4) is 0 Å². The van der Waals surface area contributed by atoms with Crippen molar-refractivity contribution in [2.75, 3.05) is 25.1 Å². The Morgan fingerprint density at radius 2 is 1.71 bits per heavy atom. The Bertz CT molecular complexity index is 1460. The number of hydrazone groups is 1. The zero-order chi connectivity index (χ0) is 27.9. The van der Waals surface area contributed by atoms with Crippen molar-refractivity contribution in [2.24, 2.45) is 5.10 Å². The molecule has 1 amide bonds. The van der Waals surface area contributed by atoms with Gasteiger partial charge in [0.1, 0.15) is 6.54 Å². The minimum Gasteiger partial charge on any atom is -0.493 e. The van der Waals surface area contributed by atoms with E-state index >= 15 is 0 Å². The number of anilines is 1. The molecule has 0 saturated heterocycles. The van der Waals surface area contributed by atoms with Gasteiger partial charge in [-0.05, 0) is 67.4 Å². The number of amides is 1. The normalized spacial score (nSPS) is 11.2. The fourth-order valence-electron chi connectivity index (χ4n) is 3.31. The number of nitrogens with one attached hydrogen (secondary N) is 1. The first-order chi connectivity index (χ1) is 18.0. The molecule has 0 aliphatic rings. The van der Waals surface area contributed by atoms with Crippen LogP contribution in [0.2, 0.25) is 5.02 Å². The van der Waals surface area contributed by atoms with Crippen molar-refractivity contribution in [1.29, 1.82) is 0 Å². The molecular formula is C26H26ClN3O7S. The van der Waals surface area contributed by atoms with Gasteiger partial charge < -0.3 is 14.2 Å². The van der Waals surface area contributed by atoms with Crippen molar-refractivity contribution < 1.29 is 32.2 Å². The topological polar surface area (TPSA) is 124 Å². The third-order valence-corrected chi connectivity index (χ3v) is 7.30. The Morgan fingerprint density at radius 1 is 1.00 bits per heavy atom. The second-order valence-corrected chi connectivity index (χ2v) is 10.3. The summed E-state index contributed by atoms with van der Waals surface area (Å²) in [6.07, 6.45) is 0.420. The van der Waals surface area contributed by atoms with Gasteiger partial charge in [-0.2, -0.15) is 5.10 Å². The van der Waals surface area contributed by atoms with Crippen LogP contribution in [0, 0.1) is 13.8 Å². The number of carbonyl (C=O) groups is 2. The third-order valence-electron chi connectivity index (χ3n) is 5.29. The summed E-state index contributed by atoms with van der Waals surface area (Å²) in [5.74, 6) is -0.319. The smallest absolute Gasteiger partial charge is 0.493 e. The first kappa shape index (κ1) is 28.5. The summed E-state index contributed by atoms with van der Waals surface area (Å²) in [5.41, 5.74) is 4.62.